The summed E-state index contributed by atoms with van der Waals surface area (Å²) in [6.45, 7) is 5.03. The molecule has 4 N–H and O–H groups in total. The molecule has 2 heterocycles. The van der Waals surface area contributed by atoms with Crippen LogP contribution in [0.15, 0.2) is 59.9 Å². The zero-order chi connectivity index (χ0) is 27.5. The van der Waals surface area contributed by atoms with Crippen LogP contribution in [0.3, 0.4) is 0 Å². The first-order valence-corrected chi connectivity index (χ1v) is 13.0. The largest absolute Gasteiger partial charge is 0.453 e. The number of aliphatic imine (C=N–C) groups is 1. The molecule has 0 radical (unpaired) electrons. The van der Waals surface area contributed by atoms with Crippen molar-refractivity contribution in [1.29, 1.82) is 0 Å². The molecule has 0 bridgehead atoms. The Kier molecular flexibility index (Phi) is 10.2. The van der Waals surface area contributed by atoms with Gasteiger partial charge in [-0.3, -0.25) is 19.5 Å². The van der Waals surface area contributed by atoms with Gasteiger partial charge in [-0.2, -0.15) is 0 Å². The third-order valence-electron chi connectivity index (χ3n) is 6.61. The summed E-state index contributed by atoms with van der Waals surface area (Å²) in [4.78, 5) is 48.4. The third-order valence-corrected chi connectivity index (χ3v) is 6.61. The number of unbranched alkanes of at least 4 members (excludes halogenated alkanes) is 1. The van der Waals surface area contributed by atoms with E-state index in [0.717, 1.165) is 17.5 Å². The summed E-state index contributed by atoms with van der Waals surface area (Å²) in [6, 6.07) is 12.4. The summed E-state index contributed by atoms with van der Waals surface area (Å²) in [5, 5.41) is 5.44. The SMILES string of the molecule is COC(=O)NC(Cc1ccncc1)C(=O)NCCCCN1C(=O)C(CCC(C)C)(c2ccccc2)N=C1N. The maximum atomic E-state index is 13.6. The van der Waals surface area contributed by atoms with Gasteiger partial charge in [-0.1, -0.05) is 44.2 Å². The molecule has 2 atom stereocenters. The lowest BCUT2D eigenvalue weighted by molar-refractivity contribution is -0.132. The number of rotatable bonds is 13. The number of amides is 3. The highest BCUT2D eigenvalue weighted by Crippen LogP contribution is 2.38. The Bertz CT molecular complexity index is 1110. The van der Waals surface area contributed by atoms with Gasteiger partial charge in [0.05, 0.1) is 7.11 Å². The van der Waals surface area contributed by atoms with Crippen LogP contribution >= 0.6 is 0 Å². The Morgan fingerprint density at radius 1 is 1.11 bits per heavy atom. The number of methoxy groups -OCH3 is 1. The summed E-state index contributed by atoms with van der Waals surface area (Å²) in [5.74, 6) is 0.229. The highest BCUT2D eigenvalue weighted by Gasteiger charge is 2.48. The van der Waals surface area contributed by atoms with E-state index in [-0.39, 0.29) is 17.8 Å². The predicted octanol–water partition coefficient (Wildman–Crippen LogP) is 2.73. The first kappa shape index (κ1) is 28.6. The molecule has 1 aliphatic heterocycles. The minimum absolute atomic E-state index is 0.106. The molecule has 3 rings (SSSR count). The molecule has 0 saturated carbocycles. The van der Waals surface area contributed by atoms with Gasteiger partial charge in [0.2, 0.25) is 5.91 Å². The molecule has 0 spiro atoms. The number of carbonyl (C=O) groups excluding carboxylic acids is 3. The van der Waals surface area contributed by atoms with Gasteiger partial charge in [0.15, 0.2) is 11.5 Å². The molecule has 10 heteroatoms. The van der Waals surface area contributed by atoms with Gasteiger partial charge in [-0.15, -0.1) is 0 Å². The fourth-order valence-electron chi connectivity index (χ4n) is 4.45. The van der Waals surface area contributed by atoms with Gasteiger partial charge < -0.3 is 21.1 Å². The molecule has 1 aromatic carbocycles. The van der Waals surface area contributed by atoms with E-state index in [0.29, 0.717) is 44.7 Å². The molecule has 2 unspecified atom stereocenters. The Morgan fingerprint density at radius 3 is 2.47 bits per heavy atom. The van der Waals surface area contributed by atoms with Gasteiger partial charge in [-0.05, 0) is 54.9 Å². The molecular weight excluding hydrogens is 484 g/mol. The van der Waals surface area contributed by atoms with Crippen molar-refractivity contribution in [1.82, 2.24) is 20.5 Å². The van der Waals surface area contributed by atoms with E-state index in [2.05, 4.69) is 34.2 Å². The molecule has 38 heavy (non-hydrogen) atoms. The maximum Gasteiger partial charge on any atom is 0.407 e. The van der Waals surface area contributed by atoms with Crippen LogP contribution in [-0.4, -0.2) is 60.0 Å². The van der Waals surface area contributed by atoms with E-state index in [1.807, 2.05) is 30.3 Å². The summed E-state index contributed by atoms with van der Waals surface area (Å²) < 4.78 is 4.66. The number of aromatic nitrogens is 1. The maximum absolute atomic E-state index is 13.6. The smallest absolute Gasteiger partial charge is 0.407 e. The van der Waals surface area contributed by atoms with Crippen LogP contribution in [0.2, 0.25) is 0 Å². The van der Waals surface area contributed by atoms with Crippen LogP contribution in [0, 0.1) is 5.92 Å². The summed E-state index contributed by atoms with van der Waals surface area (Å²) in [6.07, 6.45) is 5.56. The standard InChI is InChI=1S/C28H38N6O4/c1-20(2)11-14-28(22-9-5-4-6-10-22)25(36)34(26(29)33-28)18-8-7-15-31-24(35)23(32-27(37)38-3)19-21-12-16-30-17-13-21/h4-6,9-10,12-13,16-17,20,23H,7-8,11,14-15,18-19H2,1-3H3,(H2,29,33)(H,31,35)(H,32,37). The number of hydrogen-bond acceptors (Lipinski definition) is 7. The first-order chi connectivity index (χ1) is 18.3. The fourth-order valence-corrected chi connectivity index (χ4v) is 4.45. The Hall–Kier alpha value is -3.95. The Balaban J connectivity index is 1.55. The highest BCUT2D eigenvalue weighted by molar-refractivity contribution is 6.07. The number of ether oxygens (including phenoxy) is 1. The van der Waals surface area contributed by atoms with E-state index in [1.54, 1.807) is 29.4 Å². The minimum Gasteiger partial charge on any atom is -0.453 e. The number of benzene rings is 1. The molecule has 0 saturated heterocycles. The number of nitrogens with one attached hydrogen (secondary N) is 2. The van der Waals surface area contributed by atoms with Crippen molar-refractivity contribution in [3.05, 3.63) is 66.0 Å². The van der Waals surface area contributed by atoms with Crippen LogP contribution in [0.5, 0.6) is 0 Å². The molecule has 2 aromatic rings. The second-order valence-electron chi connectivity index (χ2n) is 9.83. The number of alkyl carbamates (subject to hydrolysis) is 1. The van der Waals surface area contributed by atoms with Crippen molar-refractivity contribution in [3.63, 3.8) is 0 Å². The van der Waals surface area contributed by atoms with Gasteiger partial charge in [-0.25, -0.2) is 9.79 Å². The fraction of sp³-hybridized carbons (Fsp3) is 0.464. The van der Waals surface area contributed by atoms with Crippen LogP contribution < -0.4 is 16.4 Å². The molecule has 0 aliphatic carbocycles. The average Bonchev–Trinajstić information content (AvgIpc) is 3.17. The van der Waals surface area contributed by atoms with E-state index < -0.39 is 17.7 Å². The van der Waals surface area contributed by atoms with Crippen molar-refractivity contribution in [3.8, 4) is 0 Å². The monoisotopic (exact) mass is 522 g/mol. The molecule has 0 fully saturated rings. The lowest BCUT2D eigenvalue weighted by Crippen LogP contribution is -2.48. The molecule has 3 amide bonds. The quantitative estimate of drug-likeness (QED) is 0.346. The lowest BCUT2D eigenvalue weighted by Gasteiger charge is -2.27. The van der Waals surface area contributed by atoms with E-state index >= 15 is 0 Å². The lowest BCUT2D eigenvalue weighted by atomic mass is 9.83. The topological polar surface area (TPSA) is 139 Å². The van der Waals surface area contributed by atoms with Gasteiger partial charge in [0.1, 0.15) is 6.04 Å². The van der Waals surface area contributed by atoms with Gasteiger partial charge >= 0.3 is 6.09 Å². The summed E-state index contributed by atoms with van der Waals surface area (Å²) in [5.41, 5.74) is 6.96. The molecule has 204 valence electrons. The summed E-state index contributed by atoms with van der Waals surface area (Å²) in [7, 11) is 1.25. The second-order valence-corrected chi connectivity index (χ2v) is 9.83. The van der Waals surface area contributed by atoms with Crippen molar-refractivity contribution in [2.45, 2.75) is 57.5 Å². The number of carbonyl (C=O) groups is 3. The van der Waals surface area contributed by atoms with Crippen molar-refractivity contribution >= 4 is 23.9 Å². The van der Waals surface area contributed by atoms with E-state index in [4.69, 9.17) is 10.7 Å². The zero-order valence-corrected chi connectivity index (χ0v) is 22.4. The van der Waals surface area contributed by atoms with E-state index in [1.165, 1.54) is 7.11 Å². The van der Waals surface area contributed by atoms with Crippen molar-refractivity contribution in [2.24, 2.45) is 16.6 Å². The van der Waals surface area contributed by atoms with Crippen LogP contribution in [0.25, 0.3) is 0 Å². The highest BCUT2D eigenvalue weighted by atomic mass is 16.5. The van der Waals surface area contributed by atoms with Crippen LogP contribution in [0.1, 0.15) is 50.7 Å². The van der Waals surface area contributed by atoms with Gasteiger partial charge in [0.25, 0.3) is 5.91 Å². The number of nitrogens with zero attached hydrogens (tertiary/aromatic N) is 3. The number of guanidine groups is 1. The van der Waals surface area contributed by atoms with E-state index in [9.17, 15) is 14.4 Å². The predicted molar refractivity (Wildman–Crippen MR) is 145 cm³/mol. The van der Waals surface area contributed by atoms with Crippen molar-refractivity contribution in [2.75, 3.05) is 20.2 Å². The molecule has 10 nitrogen and oxygen atoms in total. The average molecular weight is 523 g/mol. The Labute approximate surface area is 224 Å². The second kappa shape index (κ2) is 13.6. The Morgan fingerprint density at radius 2 is 1.82 bits per heavy atom. The van der Waals surface area contributed by atoms with Gasteiger partial charge in [0, 0.05) is 31.9 Å². The van der Waals surface area contributed by atoms with Crippen LogP contribution in [-0.2, 0) is 26.3 Å². The molecule has 1 aromatic heterocycles. The van der Waals surface area contributed by atoms with Crippen LogP contribution in [0.4, 0.5) is 4.79 Å². The summed E-state index contributed by atoms with van der Waals surface area (Å²) >= 11 is 0. The minimum atomic E-state index is -0.996. The third kappa shape index (κ3) is 7.30. The number of pyridine rings is 1. The number of nitrogens with two attached hydrogens (primary N) is 1. The van der Waals surface area contributed by atoms with Crippen molar-refractivity contribution < 1.29 is 19.1 Å². The first-order valence-electron chi connectivity index (χ1n) is 13.0. The number of hydrogen-bond donors (Lipinski definition) is 3. The normalized spacial score (nSPS) is 17.7. The zero-order valence-electron chi connectivity index (χ0n) is 22.4. The molecular formula is C28H38N6O4. The molecule has 1 aliphatic rings.